The smallest absolute Gasteiger partial charge is 0.434 e. The van der Waals surface area contributed by atoms with Crippen LogP contribution in [0.15, 0.2) is 35.2 Å². The van der Waals surface area contributed by atoms with Crippen molar-refractivity contribution < 1.29 is 40.8 Å². The number of hydroxylamine groups is 2. The lowest BCUT2D eigenvalue weighted by Gasteiger charge is -2.26. The van der Waals surface area contributed by atoms with E-state index < -0.39 is 44.7 Å². The fraction of sp³-hybridized carbons (Fsp3) is 0.481. The third kappa shape index (κ3) is 8.28. The molecule has 1 saturated heterocycles. The lowest BCUT2D eigenvalue weighted by molar-refractivity contribution is -0.138. The largest absolute Gasteiger partial charge is 0.442 e. The van der Waals surface area contributed by atoms with Crippen molar-refractivity contribution in [2.75, 3.05) is 43.9 Å². The number of benzene rings is 2. The van der Waals surface area contributed by atoms with Crippen LogP contribution in [-0.2, 0) is 32.1 Å². The van der Waals surface area contributed by atoms with Gasteiger partial charge in [0.25, 0.3) is 5.91 Å². The molecule has 42 heavy (non-hydrogen) atoms. The molecule has 2 aromatic carbocycles. The Morgan fingerprint density at radius 3 is 2.33 bits per heavy atom. The molecule has 2 aromatic rings. The summed E-state index contributed by atoms with van der Waals surface area (Å²) in [4.78, 5) is 33.6. The summed E-state index contributed by atoms with van der Waals surface area (Å²) < 4.78 is 73.4. The van der Waals surface area contributed by atoms with Gasteiger partial charge in [0.15, 0.2) is 9.84 Å². The Morgan fingerprint density at radius 1 is 1.07 bits per heavy atom. The van der Waals surface area contributed by atoms with E-state index in [0.29, 0.717) is 6.07 Å². The number of rotatable bonds is 6. The summed E-state index contributed by atoms with van der Waals surface area (Å²) in [5.74, 6) is -1.18. The van der Waals surface area contributed by atoms with Gasteiger partial charge in [-0.25, -0.2) is 13.2 Å². The zero-order chi connectivity index (χ0) is 31.6. The molecule has 3 rings (SSSR count). The summed E-state index contributed by atoms with van der Waals surface area (Å²) in [7, 11) is -2.56. The molecule has 0 unspecified atom stereocenters. The first-order valence-corrected chi connectivity index (χ1v) is 15.3. The van der Waals surface area contributed by atoms with Gasteiger partial charge in [0, 0.05) is 42.3 Å². The predicted molar refractivity (Wildman–Crippen MR) is 153 cm³/mol. The number of anilines is 1. The minimum atomic E-state index is -4.87. The van der Waals surface area contributed by atoms with Gasteiger partial charge >= 0.3 is 12.3 Å². The molecule has 0 saturated carbocycles. The van der Waals surface area contributed by atoms with Gasteiger partial charge in [0.2, 0.25) is 0 Å². The molecule has 0 bridgehead atoms. The highest BCUT2D eigenvalue weighted by molar-refractivity contribution is 7.91. The minimum Gasteiger partial charge on any atom is -0.442 e. The quantitative estimate of drug-likeness (QED) is 0.374. The molecular formula is C27H32Cl2F3N3O6S. The second-order valence-corrected chi connectivity index (χ2v) is 13.6. The van der Waals surface area contributed by atoms with Crippen molar-refractivity contribution in [1.82, 2.24) is 9.96 Å². The van der Waals surface area contributed by atoms with Gasteiger partial charge in [0.1, 0.15) is 5.60 Å². The molecule has 9 nitrogen and oxygen atoms in total. The van der Waals surface area contributed by atoms with Crippen LogP contribution in [0.5, 0.6) is 0 Å². The SMILES string of the molecule is CCS(=O)(=O)c1ccc(Cl)cc1N(C)C(=O)c1cc(Cl)c(CN2CCON(C(=O)OC(C)(C)C)CC2)c(C(F)(F)F)c1. The fourth-order valence-corrected chi connectivity index (χ4v) is 5.72. The summed E-state index contributed by atoms with van der Waals surface area (Å²) in [5, 5.41) is 0.858. The maximum absolute atomic E-state index is 14.3. The Labute approximate surface area is 252 Å². The number of ether oxygens (including phenoxy) is 1. The normalized spacial score (nSPS) is 15.3. The number of hydrogen-bond acceptors (Lipinski definition) is 7. The number of amides is 2. The van der Waals surface area contributed by atoms with Gasteiger partial charge in [-0.05, 0) is 56.7 Å². The third-order valence-electron chi connectivity index (χ3n) is 6.30. The van der Waals surface area contributed by atoms with Crippen molar-refractivity contribution >= 4 is 50.7 Å². The van der Waals surface area contributed by atoms with E-state index in [2.05, 4.69) is 0 Å². The Hall–Kier alpha value is -2.58. The van der Waals surface area contributed by atoms with Crippen LogP contribution >= 0.6 is 23.2 Å². The van der Waals surface area contributed by atoms with Crippen LogP contribution in [0.3, 0.4) is 0 Å². The second kappa shape index (κ2) is 13.0. The second-order valence-electron chi connectivity index (χ2n) is 10.6. The van der Waals surface area contributed by atoms with E-state index in [9.17, 15) is 31.2 Å². The Bertz CT molecular complexity index is 1450. The zero-order valence-corrected chi connectivity index (χ0v) is 26.0. The molecule has 0 aliphatic carbocycles. The number of alkyl halides is 3. The van der Waals surface area contributed by atoms with Crippen molar-refractivity contribution in [1.29, 1.82) is 0 Å². The number of halogens is 5. The van der Waals surface area contributed by atoms with Gasteiger partial charge in [-0.15, -0.1) is 0 Å². The molecule has 15 heteroatoms. The van der Waals surface area contributed by atoms with E-state index in [1.165, 1.54) is 32.2 Å². The standard InChI is InChI=1S/C27H32Cl2F3N3O6S/c1-6-42(38,39)23-8-7-18(28)15-22(23)33(5)24(36)17-13-20(27(30,31)32)19(21(29)14-17)16-34-9-10-35(40-12-11-34)25(37)41-26(2,3)4/h7-8,13-15H,6,9-12,16H2,1-5H3. The van der Waals surface area contributed by atoms with E-state index in [1.807, 2.05) is 0 Å². The van der Waals surface area contributed by atoms with Crippen LogP contribution in [0.2, 0.25) is 10.0 Å². The number of nitrogens with zero attached hydrogens (tertiary/aromatic N) is 3. The molecule has 0 atom stereocenters. The van der Waals surface area contributed by atoms with Gasteiger partial charge in [-0.2, -0.15) is 18.2 Å². The maximum atomic E-state index is 14.3. The van der Waals surface area contributed by atoms with Crippen molar-refractivity contribution in [3.05, 3.63) is 57.1 Å². The van der Waals surface area contributed by atoms with Crippen LogP contribution in [0.25, 0.3) is 0 Å². The summed E-state index contributed by atoms with van der Waals surface area (Å²) in [6.07, 6.45) is -5.58. The number of carbonyl (C=O) groups excluding carboxylic acids is 2. The topological polar surface area (TPSA) is 96.5 Å². The Balaban J connectivity index is 1.91. The third-order valence-corrected chi connectivity index (χ3v) is 8.65. The first kappa shape index (κ1) is 33.9. The maximum Gasteiger partial charge on any atom is 0.434 e. The molecule has 1 aliphatic heterocycles. The minimum absolute atomic E-state index is 0.0161. The average Bonchev–Trinajstić information content (AvgIpc) is 3.12. The number of carbonyl (C=O) groups is 2. The molecule has 2 amide bonds. The molecule has 1 aliphatic rings. The van der Waals surface area contributed by atoms with Crippen molar-refractivity contribution in [3.63, 3.8) is 0 Å². The number of hydrogen-bond donors (Lipinski definition) is 0. The van der Waals surface area contributed by atoms with Crippen LogP contribution < -0.4 is 4.90 Å². The predicted octanol–water partition coefficient (Wildman–Crippen LogP) is 6.07. The fourth-order valence-electron chi connectivity index (χ4n) is 4.18. The van der Waals surface area contributed by atoms with Crippen LogP contribution in [-0.4, -0.2) is 75.0 Å². The molecular weight excluding hydrogens is 622 g/mol. The summed E-state index contributed by atoms with van der Waals surface area (Å²) in [6.45, 7) is 6.69. The van der Waals surface area contributed by atoms with E-state index in [-0.39, 0.29) is 64.7 Å². The van der Waals surface area contributed by atoms with Crippen molar-refractivity contribution in [2.45, 2.75) is 50.9 Å². The van der Waals surface area contributed by atoms with Gasteiger partial charge in [-0.3, -0.25) is 14.5 Å². The first-order chi connectivity index (χ1) is 19.3. The molecule has 0 aromatic heterocycles. The van der Waals surface area contributed by atoms with Gasteiger partial charge in [0.05, 0.1) is 35.1 Å². The van der Waals surface area contributed by atoms with Crippen molar-refractivity contribution in [2.24, 2.45) is 0 Å². The monoisotopic (exact) mass is 653 g/mol. The van der Waals surface area contributed by atoms with Gasteiger partial charge in [-0.1, -0.05) is 30.1 Å². The highest BCUT2D eigenvalue weighted by Crippen LogP contribution is 2.38. The summed E-state index contributed by atoms with van der Waals surface area (Å²) in [6, 6.07) is 5.65. The zero-order valence-electron chi connectivity index (χ0n) is 23.7. The lowest BCUT2D eigenvalue weighted by atomic mass is 10.0. The average molecular weight is 655 g/mol. The Kier molecular flexibility index (Phi) is 10.5. The van der Waals surface area contributed by atoms with Crippen LogP contribution in [0.4, 0.5) is 23.7 Å². The van der Waals surface area contributed by atoms with E-state index >= 15 is 0 Å². The van der Waals surface area contributed by atoms with E-state index in [4.69, 9.17) is 32.8 Å². The molecule has 1 fully saturated rings. The summed E-state index contributed by atoms with van der Waals surface area (Å²) in [5.41, 5.74) is -2.61. The van der Waals surface area contributed by atoms with Crippen LogP contribution in [0, 0.1) is 0 Å². The number of sulfone groups is 1. The molecule has 232 valence electrons. The summed E-state index contributed by atoms with van der Waals surface area (Å²) >= 11 is 12.4. The molecule has 0 N–H and O–H groups in total. The highest BCUT2D eigenvalue weighted by Gasteiger charge is 2.37. The van der Waals surface area contributed by atoms with Crippen molar-refractivity contribution in [3.8, 4) is 0 Å². The Morgan fingerprint density at radius 2 is 1.74 bits per heavy atom. The van der Waals surface area contributed by atoms with Gasteiger partial charge < -0.3 is 9.64 Å². The van der Waals surface area contributed by atoms with Crippen LogP contribution in [0.1, 0.15) is 49.2 Å². The molecule has 0 radical (unpaired) electrons. The molecule has 1 heterocycles. The molecule has 0 spiro atoms. The lowest BCUT2D eigenvalue weighted by Crippen LogP contribution is -2.38. The first-order valence-electron chi connectivity index (χ1n) is 12.9. The van der Waals surface area contributed by atoms with E-state index in [1.54, 1.807) is 25.7 Å². The van der Waals surface area contributed by atoms with E-state index in [0.717, 1.165) is 16.0 Å². The highest BCUT2D eigenvalue weighted by atomic mass is 35.5.